The highest BCUT2D eigenvalue weighted by molar-refractivity contribution is 6.32. The minimum atomic E-state index is -0.307. The van der Waals surface area contributed by atoms with E-state index in [0.717, 1.165) is 24.9 Å². The number of benzene rings is 1. The van der Waals surface area contributed by atoms with Gasteiger partial charge in [-0.2, -0.15) is 0 Å². The first-order valence-electron chi connectivity index (χ1n) is 5.46. The Balaban J connectivity index is 2.23. The summed E-state index contributed by atoms with van der Waals surface area (Å²) in [7, 11) is 1.56. The Labute approximate surface area is 99.7 Å². The predicted octanol–water partition coefficient (Wildman–Crippen LogP) is 2.78. The maximum Gasteiger partial charge on any atom is 0.140 e. The molecule has 1 aliphatic rings. The molecule has 1 heterocycles. The van der Waals surface area contributed by atoms with Crippen molar-refractivity contribution >= 4 is 11.6 Å². The second kappa shape index (κ2) is 5.02. The molecule has 1 atom stereocenters. The zero-order valence-electron chi connectivity index (χ0n) is 9.22. The Morgan fingerprint density at radius 3 is 3.00 bits per heavy atom. The molecule has 88 valence electrons. The fourth-order valence-corrected chi connectivity index (χ4v) is 2.49. The van der Waals surface area contributed by atoms with E-state index in [9.17, 15) is 4.39 Å². The summed E-state index contributed by atoms with van der Waals surface area (Å²) < 4.78 is 18.5. The standard InChI is InChI=1S/C12H15ClFNO/c1-16-12-8(5-9(14)7-11(12)13)6-10-3-2-4-15-10/h5,7,10,15H,2-4,6H2,1H3. The Bertz CT molecular complexity index is 378. The van der Waals surface area contributed by atoms with Crippen LogP contribution in [0.3, 0.4) is 0 Å². The van der Waals surface area contributed by atoms with Crippen LogP contribution in [0.5, 0.6) is 5.75 Å². The largest absolute Gasteiger partial charge is 0.495 e. The van der Waals surface area contributed by atoms with Crippen LogP contribution in [0, 0.1) is 5.82 Å². The van der Waals surface area contributed by atoms with E-state index in [1.54, 1.807) is 7.11 Å². The molecular weight excluding hydrogens is 229 g/mol. The molecule has 0 spiro atoms. The van der Waals surface area contributed by atoms with Crippen LogP contribution in [0.2, 0.25) is 5.02 Å². The van der Waals surface area contributed by atoms with Gasteiger partial charge in [0.25, 0.3) is 0 Å². The summed E-state index contributed by atoms with van der Waals surface area (Å²) in [5, 5.41) is 3.72. The maximum absolute atomic E-state index is 13.3. The average molecular weight is 244 g/mol. The Hall–Kier alpha value is -0.800. The third-order valence-electron chi connectivity index (χ3n) is 2.92. The highest BCUT2D eigenvalue weighted by Gasteiger charge is 2.18. The van der Waals surface area contributed by atoms with Gasteiger partial charge in [0.1, 0.15) is 11.6 Å². The molecule has 1 aromatic rings. The molecule has 1 aliphatic heterocycles. The van der Waals surface area contributed by atoms with E-state index in [1.165, 1.54) is 18.6 Å². The molecular formula is C12H15ClFNO. The number of hydrogen-bond acceptors (Lipinski definition) is 2. The van der Waals surface area contributed by atoms with Crippen molar-refractivity contribution in [2.45, 2.75) is 25.3 Å². The molecule has 0 bridgehead atoms. The third-order valence-corrected chi connectivity index (χ3v) is 3.20. The number of nitrogens with one attached hydrogen (secondary N) is 1. The fourth-order valence-electron chi connectivity index (χ4n) is 2.19. The van der Waals surface area contributed by atoms with E-state index in [-0.39, 0.29) is 5.82 Å². The van der Waals surface area contributed by atoms with Crippen molar-refractivity contribution in [1.82, 2.24) is 5.32 Å². The highest BCUT2D eigenvalue weighted by Crippen LogP contribution is 2.31. The van der Waals surface area contributed by atoms with E-state index >= 15 is 0 Å². The minimum absolute atomic E-state index is 0.307. The van der Waals surface area contributed by atoms with Gasteiger partial charge in [-0.05, 0) is 37.9 Å². The monoisotopic (exact) mass is 243 g/mol. The van der Waals surface area contributed by atoms with Crippen LogP contribution in [0.15, 0.2) is 12.1 Å². The molecule has 1 aromatic carbocycles. The van der Waals surface area contributed by atoms with Gasteiger partial charge in [0.2, 0.25) is 0 Å². The van der Waals surface area contributed by atoms with Gasteiger partial charge in [-0.1, -0.05) is 11.6 Å². The molecule has 16 heavy (non-hydrogen) atoms. The SMILES string of the molecule is COc1c(Cl)cc(F)cc1CC1CCCN1. The van der Waals surface area contributed by atoms with Crippen molar-refractivity contribution in [2.75, 3.05) is 13.7 Å². The first-order valence-corrected chi connectivity index (χ1v) is 5.84. The summed E-state index contributed by atoms with van der Waals surface area (Å²) in [4.78, 5) is 0. The van der Waals surface area contributed by atoms with Gasteiger partial charge in [0.15, 0.2) is 0 Å². The van der Waals surface area contributed by atoms with Crippen molar-refractivity contribution in [3.8, 4) is 5.75 Å². The van der Waals surface area contributed by atoms with Crippen LogP contribution in [0.4, 0.5) is 4.39 Å². The van der Waals surface area contributed by atoms with Gasteiger partial charge in [-0.3, -0.25) is 0 Å². The number of rotatable bonds is 3. The highest BCUT2D eigenvalue weighted by atomic mass is 35.5. The minimum Gasteiger partial charge on any atom is -0.495 e. The van der Waals surface area contributed by atoms with Crippen molar-refractivity contribution in [3.63, 3.8) is 0 Å². The topological polar surface area (TPSA) is 21.3 Å². The lowest BCUT2D eigenvalue weighted by molar-refractivity contribution is 0.405. The molecule has 1 unspecified atom stereocenters. The van der Waals surface area contributed by atoms with Crippen LogP contribution >= 0.6 is 11.6 Å². The summed E-state index contributed by atoms with van der Waals surface area (Å²) in [6, 6.07) is 3.20. The Morgan fingerprint density at radius 2 is 2.38 bits per heavy atom. The van der Waals surface area contributed by atoms with Gasteiger partial charge in [-0.15, -0.1) is 0 Å². The van der Waals surface area contributed by atoms with Crippen LogP contribution in [-0.2, 0) is 6.42 Å². The van der Waals surface area contributed by atoms with Crippen molar-refractivity contribution < 1.29 is 9.13 Å². The summed E-state index contributed by atoms with van der Waals surface area (Å²) in [5.41, 5.74) is 0.840. The summed E-state index contributed by atoms with van der Waals surface area (Å²) in [5.74, 6) is 0.288. The van der Waals surface area contributed by atoms with Gasteiger partial charge in [0.05, 0.1) is 12.1 Å². The molecule has 2 rings (SSSR count). The van der Waals surface area contributed by atoms with Gasteiger partial charge >= 0.3 is 0 Å². The molecule has 0 aromatic heterocycles. The Kier molecular flexibility index (Phi) is 3.66. The molecule has 0 amide bonds. The van der Waals surface area contributed by atoms with Gasteiger partial charge in [0, 0.05) is 11.6 Å². The summed E-state index contributed by atoms with van der Waals surface area (Å²) >= 11 is 5.93. The molecule has 1 fully saturated rings. The van der Waals surface area contributed by atoms with Crippen molar-refractivity contribution in [2.24, 2.45) is 0 Å². The number of methoxy groups -OCH3 is 1. The molecule has 1 N–H and O–H groups in total. The van der Waals surface area contributed by atoms with Gasteiger partial charge < -0.3 is 10.1 Å². The van der Waals surface area contributed by atoms with Crippen LogP contribution < -0.4 is 10.1 Å². The lowest BCUT2D eigenvalue weighted by atomic mass is 10.0. The second-order valence-corrected chi connectivity index (χ2v) is 4.48. The van der Waals surface area contributed by atoms with E-state index in [4.69, 9.17) is 16.3 Å². The third kappa shape index (κ3) is 2.47. The zero-order valence-corrected chi connectivity index (χ0v) is 9.98. The fraction of sp³-hybridized carbons (Fsp3) is 0.500. The lowest BCUT2D eigenvalue weighted by Gasteiger charge is -2.14. The second-order valence-electron chi connectivity index (χ2n) is 4.08. The van der Waals surface area contributed by atoms with Crippen molar-refractivity contribution in [3.05, 3.63) is 28.5 Å². The van der Waals surface area contributed by atoms with Crippen LogP contribution in [-0.4, -0.2) is 19.7 Å². The van der Waals surface area contributed by atoms with E-state index in [1.807, 2.05) is 0 Å². The quantitative estimate of drug-likeness (QED) is 0.882. The summed E-state index contributed by atoms with van der Waals surface area (Å²) in [6.07, 6.45) is 3.06. The van der Waals surface area contributed by atoms with Crippen LogP contribution in [0.25, 0.3) is 0 Å². The van der Waals surface area contributed by atoms with Crippen molar-refractivity contribution in [1.29, 1.82) is 0 Å². The van der Waals surface area contributed by atoms with Crippen LogP contribution in [0.1, 0.15) is 18.4 Å². The normalized spacial score (nSPS) is 20.1. The maximum atomic E-state index is 13.3. The molecule has 2 nitrogen and oxygen atoms in total. The molecule has 0 radical (unpaired) electrons. The first kappa shape index (κ1) is 11.7. The van der Waals surface area contributed by atoms with E-state index < -0.39 is 0 Å². The molecule has 0 aliphatic carbocycles. The first-order chi connectivity index (χ1) is 7.70. The molecule has 0 saturated carbocycles. The zero-order chi connectivity index (χ0) is 11.5. The molecule has 4 heteroatoms. The van der Waals surface area contributed by atoms with E-state index in [0.29, 0.717) is 16.8 Å². The van der Waals surface area contributed by atoms with Gasteiger partial charge in [-0.25, -0.2) is 4.39 Å². The lowest BCUT2D eigenvalue weighted by Crippen LogP contribution is -2.23. The molecule has 1 saturated heterocycles. The number of halogens is 2. The summed E-state index contributed by atoms with van der Waals surface area (Å²) in [6.45, 7) is 1.04. The Morgan fingerprint density at radius 1 is 1.56 bits per heavy atom. The number of hydrogen-bond donors (Lipinski definition) is 1. The average Bonchev–Trinajstić information content (AvgIpc) is 2.70. The number of ether oxygens (including phenoxy) is 1. The smallest absolute Gasteiger partial charge is 0.140 e. The van der Waals surface area contributed by atoms with E-state index in [2.05, 4.69) is 5.32 Å². The predicted molar refractivity (Wildman–Crippen MR) is 62.7 cm³/mol.